The number of ether oxygens (including phenoxy) is 2. The molecule has 1 N–H and O–H groups in total. The smallest absolute Gasteiger partial charge is 0.329 e. The van der Waals surface area contributed by atoms with Gasteiger partial charge >= 0.3 is 5.97 Å². The zero-order valence-electron chi connectivity index (χ0n) is 14.8. The highest BCUT2D eigenvalue weighted by Crippen LogP contribution is 2.15. The van der Waals surface area contributed by atoms with Crippen molar-refractivity contribution in [2.24, 2.45) is 5.92 Å². The summed E-state index contributed by atoms with van der Waals surface area (Å²) < 4.78 is 10.5. The van der Waals surface area contributed by atoms with E-state index in [1.165, 1.54) is 0 Å². The van der Waals surface area contributed by atoms with E-state index in [1.54, 1.807) is 31.4 Å². The van der Waals surface area contributed by atoms with Gasteiger partial charge in [0.05, 0.1) is 7.11 Å². The molecule has 0 aliphatic rings. The quantitative estimate of drug-likeness (QED) is 0.817. The molecule has 1 rings (SSSR count). The van der Waals surface area contributed by atoms with Gasteiger partial charge in [0.2, 0.25) is 0 Å². The van der Waals surface area contributed by atoms with Crippen molar-refractivity contribution in [1.29, 1.82) is 0 Å². The van der Waals surface area contributed by atoms with E-state index >= 15 is 0 Å². The average Bonchev–Trinajstić information content (AvgIpc) is 2.44. The van der Waals surface area contributed by atoms with Crippen molar-refractivity contribution in [2.75, 3.05) is 7.11 Å². The van der Waals surface area contributed by atoms with Crippen LogP contribution in [-0.4, -0.2) is 30.6 Å². The molecule has 0 saturated heterocycles. The third kappa shape index (κ3) is 6.72. The fourth-order valence-electron chi connectivity index (χ4n) is 2.04. The molecule has 0 heterocycles. The van der Waals surface area contributed by atoms with Gasteiger partial charge < -0.3 is 14.8 Å². The van der Waals surface area contributed by atoms with Gasteiger partial charge in [-0.05, 0) is 57.4 Å². The second kappa shape index (κ2) is 7.99. The van der Waals surface area contributed by atoms with Crippen LogP contribution in [0.25, 0.3) is 0 Å². The molecule has 0 bridgehead atoms. The minimum atomic E-state index is -0.663. The number of hydrogen-bond donors (Lipinski definition) is 1. The number of nitrogens with one attached hydrogen (secondary N) is 1. The maximum absolute atomic E-state index is 12.3. The molecular weight excluding hydrogens is 294 g/mol. The fourth-order valence-corrected chi connectivity index (χ4v) is 2.04. The Bertz CT molecular complexity index is 529. The van der Waals surface area contributed by atoms with E-state index in [9.17, 15) is 9.59 Å². The van der Waals surface area contributed by atoms with E-state index in [0.717, 1.165) is 0 Å². The minimum absolute atomic E-state index is 0.253. The highest BCUT2D eigenvalue weighted by atomic mass is 16.6. The van der Waals surface area contributed by atoms with Gasteiger partial charge in [-0.25, -0.2) is 4.79 Å². The van der Waals surface area contributed by atoms with Crippen LogP contribution >= 0.6 is 0 Å². The van der Waals surface area contributed by atoms with Gasteiger partial charge in [0.15, 0.2) is 0 Å². The maximum Gasteiger partial charge on any atom is 0.329 e. The minimum Gasteiger partial charge on any atom is -0.497 e. The van der Waals surface area contributed by atoms with Crippen molar-refractivity contribution in [3.63, 3.8) is 0 Å². The summed E-state index contributed by atoms with van der Waals surface area (Å²) in [4.78, 5) is 24.7. The number of hydrogen-bond acceptors (Lipinski definition) is 4. The lowest BCUT2D eigenvalue weighted by Gasteiger charge is -2.25. The Morgan fingerprint density at radius 2 is 1.70 bits per heavy atom. The Hall–Kier alpha value is -2.04. The largest absolute Gasteiger partial charge is 0.497 e. The predicted molar refractivity (Wildman–Crippen MR) is 89.5 cm³/mol. The highest BCUT2D eigenvalue weighted by Gasteiger charge is 2.27. The molecule has 0 aromatic heterocycles. The van der Waals surface area contributed by atoms with Crippen LogP contribution in [-0.2, 0) is 9.53 Å². The van der Waals surface area contributed by atoms with Crippen molar-refractivity contribution < 1.29 is 19.1 Å². The Labute approximate surface area is 138 Å². The molecule has 0 aliphatic heterocycles. The summed E-state index contributed by atoms with van der Waals surface area (Å²) in [6.45, 7) is 9.42. The lowest BCUT2D eigenvalue weighted by molar-refractivity contribution is -0.157. The third-order valence-corrected chi connectivity index (χ3v) is 3.06. The summed E-state index contributed by atoms with van der Waals surface area (Å²) in [6, 6.07) is 6.08. The first-order valence-electron chi connectivity index (χ1n) is 7.80. The second-order valence-corrected chi connectivity index (χ2v) is 6.92. The molecule has 0 aliphatic carbocycles. The first kappa shape index (κ1) is 19.0. The molecule has 1 aromatic carbocycles. The van der Waals surface area contributed by atoms with Gasteiger partial charge in [-0.15, -0.1) is 0 Å². The van der Waals surface area contributed by atoms with Crippen molar-refractivity contribution >= 4 is 11.9 Å². The van der Waals surface area contributed by atoms with E-state index in [1.807, 2.05) is 34.6 Å². The molecule has 5 nitrogen and oxygen atoms in total. The van der Waals surface area contributed by atoms with Crippen molar-refractivity contribution in [2.45, 2.75) is 52.7 Å². The van der Waals surface area contributed by atoms with Crippen LogP contribution in [0.5, 0.6) is 5.75 Å². The van der Waals surface area contributed by atoms with Crippen LogP contribution in [0.15, 0.2) is 24.3 Å². The molecule has 0 radical (unpaired) electrons. The van der Waals surface area contributed by atoms with Gasteiger partial charge in [-0.2, -0.15) is 0 Å². The lowest BCUT2D eigenvalue weighted by Crippen LogP contribution is -2.44. The van der Waals surface area contributed by atoms with Crippen molar-refractivity contribution in [1.82, 2.24) is 5.32 Å². The number of benzene rings is 1. The monoisotopic (exact) mass is 321 g/mol. The first-order valence-corrected chi connectivity index (χ1v) is 7.80. The van der Waals surface area contributed by atoms with Gasteiger partial charge in [-0.3, -0.25) is 4.79 Å². The molecule has 5 heteroatoms. The molecular formula is C18H27NO4. The van der Waals surface area contributed by atoms with E-state index in [-0.39, 0.29) is 11.8 Å². The summed E-state index contributed by atoms with van der Waals surface area (Å²) in [5.41, 5.74) is -0.111. The summed E-state index contributed by atoms with van der Waals surface area (Å²) in [5, 5.41) is 2.77. The van der Waals surface area contributed by atoms with E-state index in [4.69, 9.17) is 9.47 Å². The molecule has 1 unspecified atom stereocenters. The molecule has 0 spiro atoms. The summed E-state index contributed by atoms with van der Waals surface area (Å²) in [6.07, 6.45) is 0.525. The predicted octanol–water partition coefficient (Wildman–Crippen LogP) is 3.18. The van der Waals surface area contributed by atoms with Crippen molar-refractivity contribution in [3.8, 4) is 5.75 Å². The number of carbonyl (C=O) groups excluding carboxylic acids is 2. The zero-order valence-corrected chi connectivity index (χ0v) is 14.8. The Morgan fingerprint density at radius 1 is 1.13 bits per heavy atom. The zero-order chi connectivity index (χ0) is 17.6. The molecule has 128 valence electrons. The van der Waals surface area contributed by atoms with Crippen LogP contribution in [0.1, 0.15) is 51.4 Å². The van der Waals surface area contributed by atoms with Gasteiger partial charge in [0.1, 0.15) is 17.4 Å². The summed E-state index contributed by atoms with van der Waals surface area (Å²) >= 11 is 0. The molecule has 0 saturated carbocycles. The maximum atomic E-state index is 12.3. The fraction of sp³-hybridized carbons (Fsp3) is 0.556. The summed E-state index contributed by atoms with van der Waals surface area (Å²) in [7, 11) is 1.57. The topological polar surface area (TPSA) is 64.6 Å². The highest BCUT2D eigenvalue weighted by molar-refractivity contribution is 5.96. The van der Waals surface area contributed by atoms with Gasteiger partial charge in [0, 0.05) is 5.56 Å². The molecule has 1 aromatic rings. The third-order valence-electron chi connectivity index (χ3n) is 3.06. The Morgan fingerprint density at radius 3 is 2.13 bits per heavy atom. The van der Waals surface area contributed by atoms with Crippen LogP contribution in [0.4, 0.5) is 0 Å². The van der Waals surface area contributed by atoms with Crippen LogP contribution in [0, 0.1) is 5.92 Å². The van der Waals surface area contributed by atoms with Gasteiger partial charge in [-0.1, -0.05) is 13.8 Å². The number of amides is 1. The lowest BCUT2D eigenvalue weighted by atomic mass is 10.0. The second-order valence-electron chi connectivity index (χ2n) is 6.92. The number of esters is 1. The van der Waals surface area contributed by atoms with Gasteiger partial charge in [0.25, 0.3) is 5.91 Å². The van der Waals surface area contributed by atoms with E-state index in [2.05, 4.69) is 5.32 Å². The normalized spacial score (nSPS) is 12.7. The number of rotatable bonds is 6. The number of carbonyl (C=O) groups is 2. The van der Waals surface area contributed by atoms with E-state index < -0.39 is 17.6 Å². The number of methoxy groups -OCH3 is 1. The first-order chi connectivity index (χ1) is 10.6. The van der Waals surface area contributed by atoms with Crippen LogP contribution in [0.3, 0.4) is 0 Å². The molecule has 23 heavy (non-hydrogen) atoms. The molecule has 1 atom stereocenters. The summed E-state index contributed by atoms with van der Waals surface area (Å²) in [5.74, 6) is 0.216. The molecule has 0 fully saturated rings. The van der Waals surface area contributed by atoms with Crippen LogP contribution in [0.2, 0.25) is 0 Å². The average molecular weight is 321 g/mol. The molecule has 1 amide bonds. The van der Waals surface area contributed by atoms with Crippen LogP contribution < -0.4 is 10.1 Å². The van der Waals surface area contributed by atoms with E-state index in [0.29, 0.717) is 17.7 Å². The Kier molecular flexibility index (Phi) is 6.61. The SMILES string of the molecule is COc1ccc(C(=O)NC(CC(C)C)C(=O)OC(C)(C)C)cc1. The standard InChI is InChI=1S/C18H27NO4/c1-12(2)11-15(17(21)23-18(3,4)5)19-16(20)13-7-9-14(22-6)10-8-13/h7-10,12,15H,11H2,1-6H3,(H,19,20). The van der Waals surface area contributed by atoms with Crippen molar-refractivity contribution in [3.05, 3.63) is 29.8 Å². The Balaban J connectivity index is 2.82.